The van der Waals surface area contributed by atoms with Gasteiger partial charge in [-0.3, -0.25) is 14.1 Å². The highest BCUT2D eigenvalue weighted by Gasteiger charge is 2.28. The molecule has 0 saturated carbocycles. The van der Waals surface area contributed by atoms with E-state index in [1.165, 1.54) is 24.3 Å². The lowest BCUT2D eigenvalue weighted by molar-refractivity contribution is -0.124. The van der Waals surface area contributed by atoms with E-state index in [4.69, 9.17) is 16.3 Å². The van der Waals surface area contributed by atoms with Crippen molar-refractivity contribution < 1.29 is 27.3 Å². The van der Waals surface area contributed by atoms with Gasteiger partial charge in [-0.25, -0.2) is 0 Å². The molecule has 1 unspecified atom stereocenters. The number of amides is 1. The molecular weight excluding hydrogens is 406 g/mol. The van der Waals surface area contributed by atoms with Gasteiger partial charge in [0.25, 0.3) is 0 Å². The number of hydrogen-bond acceptors (Lipinski definition) is 5. The molecule has 9 heteroatoms. The van der Waals surface area contributed by atoms with Gasteiger partial charge in [-0.1, -0.05) is 37.6 Å². The number of ether oxygens (including phenoxy) is 1. The van der Waals surface area contributed by atoms with E-state index in [0.29, 0.717) is 10.6 Å². The Hall–Kier alpha value is -2.42. The summed E-state index contributed by atoms with van der Waals surface area (Å²) in [5.41, 5.74) is -1.33. The van der Waals surface area contributed by atoms with E-state index < -0.39 is 33.8 Å². The number of carbonyl (C=O) groups is 2. The number of nitrogens with one attached hydrogen (secondary N) is 1. The van der Waals surface area contributed by atoms with Gasteiger partial charge in [0.15, 0.2) is 5.78 Å². The number of benzene rings is 2. The van der Waals surface area contributed by atoms with Crippen LogP contribution in [-0.4, -0.2) is 36.6 Å². The van der Waals surface area contributed by atoms with Crippen LogP contribution in [0.15, 0.2) is 48.5 Å². The molecule has 0 spiro atoms. The van der Waals surface area contributed by atoms with Crippen molar-refractivity contribution in [1.29, 1.82) is 0 Å². The average molecular weight is 426 g/mol. The molecule has 2 aromatic rings. The predicted octanol–water partition coefficient (Wildman–Crippen LogP) is 2.94. The van der Waals surface area contributed by atoms with Crippen LogP contribution in [0.4, 0.5) is 0 Å². The third kappa shape index (κ3) is 5.79. The molecule has 0 saturated heterocycles. The highest BCUT2D eigenvalue weighted by Crippen LogP contribution is 2.24. The van der Waals surface area contributed by atoms with E-state index in [1.807, 2.05) is 0 Å². The van der Waals surface area contributed by atoms with Gasteiger partial charge in [0.1, 0.15) is 5.75 Å². The molecule has 1 atom stereocenters. The Labute approximate surface area is 168 Å². The second kappa shape index (κ2) is 9.18. The van der Waals surface area contributed by atoms with Crippen LogP contribution >= 0.6 is 11.6 Å². The molecular formula is C19H20ClNO6S. The summed E-state index contributed by atoms with van der Waals surface area (Å²) in [4.78, 5) is 24.5. The first-order valence-corrected chi connectivity index (χ1v) is 10.3. The molecule has 0 fully saturated rings. The minimum Gasteiger partial charge on any atom is -0.469 e. The van der Waals surface area contributed by atoms with Crippen molar-refractivity contribution >= 4 is 33.4 Å². The topological polar surface area (TPSA) is 110 Å². The zero-order chi connectivity index (χ0) is 20.9. The summed E-state index contributed by atoms with van der Waals surface area (Å²) >= 11 is 5.83. The fraction of sp³-hybridized carbons (Fsp3) is 0.263. The summed E-state index contributed by atoms with van der Waals surface area (Å²) in [6, 6.07) is 12.2. The van der Waals surface area contributed by atoms with Gasteiger partial charge in [0.2, 0.25) is 11.3 Å². The normalized spacial score (nSPS) is 12.5. The number of hydrogen-bond donors (Lipinski definition) is 2. The smallest absolute Gasteiger partial charge is 0.305 e. The van der Waals surface area contributed by atoms with Crippen LogP contribution in [0.2, 0.25) is 5.02 Å². The van der Waals surface area contributed by atoms with Gasteiger partial charge in [0.05, 0.1) is 12.1 Å². The quantitative estimate of drug-likeness (QED) is 0.497. The molecule has 28 heavy (non-hydrogen) atoms. The molecule has 7 nitrogen and oxygen atoms in total. The third-order valence-corrected chi connectivity index (χ3v) is 4.98. The minimum absolute atomic E-state index is 0.0381. The summed E-state index contributed by atoms with van der Waals surface area (Å²) in [7, 11) is -4.66. The Morgan fingerprint density at radius 1 is 1.11 bits per heavy atom. The molecule has 1 amide bonds. The van der Waals surface area contributed by atoms with Gasteiger partial charge in [-0.05, 0) is 36.4 Å². The number of ketones is 1. The third-order valence-electron chi connectivity index (χ3n) is 3.80. The molecule has 0 aromatic heterocycles. The predicted molar refractivity (Wildman–Crippen MR) is 105 cm³/mol. The second-order valence-electron chi connectivity index (χ2n) is 6.29. The first kappa shape index (κ1) is 21.9. The van der Waals surface area contributed by atoms with Gasteiger partial charge in [0, 0.05) is 16.5 Å². The Bertz CT molecular complexity index is 957. The SMILES string of the molecule is CC(C)C(=O)NCC(Oc1ccccc1C(=O)c1ccc(Cl)cc1)S(=O)(=O)O. The Kier molecular flexibility index (Phi) is 7.17. The molecule has 0 heterocycles. The molecule has 150 valence electrons. The first-order chi connectivity index (χ1) is 13.1. The summed E-state index contributed by atoms with van der Waals surface area (Å²) in [6.07, 6.45) is 0. The lowest BCUT2D eigenvalue weighted by Gasteiger charge is -2.19. The number of halogens is 1. The maximum Gasteiger partial charge on any atom is 0.305 e. The van der Waals surface area contributed by atoms with Crippen molar-refractivity contribution in [3.05, 3.63) is 64.7 Å². The average Bonchev–Trinajstić information content (AvgIpc) is 2.64. The zero-order valence-corrected chi connectivity index (χ0v) is 16.8. The van der Waals surface area contributed by atoms with Gasteiger partial charge in [-0.2, -0.15) is 8.42 Å². The molecule has 0 aliphatic rings. The maximum absolute atomic E-state index is 12.8. The summed E-state index contributed by atoms with van der Waals surface area (Å²) in [6.45, 7) is 2.80. The molecule has 0 aliphatic carbocycles. The van der Waals surface area contributed by atoms with E-state index in [1.54, 1.807) is 38.1 Å². The van der Waals surface area contributed by atoms with Gasteiger partial charge in [-0.15, -0.1) is 0 Å². The lowest BCUT2D eigenvalue weighted by atomic mass is 10.0. The summed E-state index contributed by atoms with van der Waals surface area (Å²) < 4.78 is 38.2. The molecule has 2 rings (SSSR count). The highest BCUT2D eigenvalue weighted by atomic mass is 35.5. The fourth-order valence-corrected chi connectivity index (χ4v) is 2.90. The monoisotopic (exact) mass is 425 g/mol. The van der Waals surface area contributed by atoms with E-state index in [2.05, 4.69) is 5.32 Å². The van der Waals surface area contributed by atoms with Gasteiger partial charge < -0.3 is 10.1 Å². The fourth-order valence-electron chi connectivity index (χ4n) is 2.25. The second-order valence-corrected chi connectivity index (χ2v) is 8.29. The van der Waals surface area contributed by atoms with Gasteiger partial charge >= 0.3 is 10.1 Å². The standard InChI is InChI=1S/C19H20ClNO6S/c1-12(2)19(23)21-11-17(28(24,25)26)27-16-6-4-3-5-15(16)18(22)13-7-9-14(20)10-8-13/h3-10,12,17H,11H2,1-2H3,(H,21,23)(H,24,25,26). The lowest BCUT2D eigenvalue weighted by Crippen LogP contribution is -2.41. The molecule has 2 aromatic carbocycles. The van der Waals surface area contributed by atoms with Crippen LogP contribution in [0.25, 0.3) is 0 Å². The van der Waals surface area contributed by atoms with Crippen molar-refractivity contribution in [2.75, 3.05) is 6.54 Å². The van der Waals surface area contributed by atoms with Crippen LogP contribution in [0.1, 0.15) is 29.8 Å². The van der Waals surface area contributed by atoms with E-state index in [0.717, 1.165) is 0 Å². The van der Waals surface area contributed by atoms with Crippen molar-refractivity contribution in [1.82, 2.24) is 5.32 Å². The van der Waals surface area contributed by atoms with Crippen LogP contribution in [0.3, 0.4) is 0 Å². The Morgan fingerprint density at radius 3 is 2.29 bits per heavy atom. The van der Waals surface area contributed by atoms with Crippen LogP contribution < -0.4 is 10.1 Å². The number of rotatable bonds is 8. The Balaban J connectivity index is 2.29. The molecule has 0 aliphatic heterocycles. The molecule has 0 radical (unpaired) electrons. The highest BCUT2D eigenvalue weighted by molar-refractivity contribution is 7.86. The Morgan fingerprint density at radius 2 is 1.71 bits per heavy atom. The number of carbonyl (C=O) groups excluding carboxylic acids is 2. The summed E-state index contributed by atoms with van der Waals surface area (Å²) in [5.74, 6) is -1.22. The van der Waals surface area contributed by atoms with E-state index in [9.17, 15) is 22.6 Å². The van der Waals surface area contributed by atoms with Crippen LogP contribution in [0, 0.1) is 5.92 Å². The molecule has 0 bridgehead atoms. The first-order valence-electron chi connectivity index (χ1n) is 8.39. The van der Waals surface area contributed by atoms with Crippen LogP contribution in [0.5, 0.6) is 5.75 Å². The van der Waals surface area contributed by atoms with Crippen LogP contribution in [-0.2, 0) is 14.9 Å². The van der Waals surface area contributed by atoms with Crippen molar-refractivity contribution in [2.24, 2.45) is 5.92 Å². The molecule has 2 N–H and O–H groups in total. The van der Waals surface area contributed by atoms with Crippen molar-refractivity contribution in [2.45, 2.75) is 19.3 Å². The van der Waals surface area contributed by atoms with Crippen molar-refractivity contribution in [3.8, 4) is 5.75 Å². The van der Waals surface area contributed by atoms with Crippen molar-refractivity contribution in [3.63, 3.8) is 0 Å². The van der Waals surface area contributed by atoms with E-state index >= 15 is 0 Å². The maximum atomic E-state index is 12.8. The van der Waals surface area contributed by atoms with E-state index in [-0.39, 0.29) is 17.2 Å². The minimum atomic E-state index is -4.66. The number of para-hydroxylation sites is 1. The largest absolute Gasteiger partial charge is 0.469 e. The zero-order valence-electron chi connectivity index (χ0n) is 15.3. The summed E-state index contributed by atoms with van der Waals surface area (Å²) in [5, 5.41) is 2.86.